The van der Waals surface area contributed by atoms with Gasteiger partial charge < -0.3 is 24.8 Å². The molecular formula is C28H44O8. The van der Waals surface area contributed by atoms with Crippen molar-refractivity contribution in [2.45, 2.75) is 110 Å². The largest absolute Gasteiger partial charge is 0.481 e. The van der Waals surface area contributed by atoms with Crippen molar-refractivity contribution in [2.24, 2.45) is 17.3 Å². The van der Waals surface area contributed by atoms with Gasteiger partial charge in [0, 0.05) is 12.3 Å². The average molecular weight is 509 g/mol. The molecule has 1 saturated carbocycles. The maximum atomic E-state index is 12.4. The van der Waals surface area contributed by atoms with Crippen molar-refractivity contribution >= 4 is 17.9 Å². The molecule has 5 atom stereocenters. The van der Waals surface area contributed by atoms with Crippen LogP contribution >= 0.6 is 0 Å². The first kappa shape index (κ1) is 30.0. The van der Waals surface area contributed by atoms with Crippen LogP contribution in [0.4, 0.5) is 0 Å². The Balaban J connectivity index is 2.35. The Hall–Kier alpha value is -2.19. The smallest absolute Gasteiger partial charge is 0.309 e. The summed E-state index contributed by atoms with van der Waals surface area (Å²) in [6.07, 6.45) is 7.23. The van der Waals surface area contributed by atoms with Gasteiger partial charge in [-0.3, -0.25) is 14.4 Å². The molecule has 3 N–H and O–H groups in total. The molecule has 0 aromatic rings. The van der Waals surface area contributed by atoms with Gasteiger partial charge in [0.15, 0.2) is 0 Å². The van der Waals surface area contributed by atoms with E-state index in [0.717, 1.165) is 37.7 Å². The Labute approximate surface area is 214 Å². The van der Waals surface area contributed by atoms with Gasteiger partial charge in [0.2, 0.25) is 0 Å². The van der Waals surface area contributed by atoms with Gasteiger partial charge in [-0.05, 0) is 89.7 Å². The van der Waals surface area contributed by atoms with E-state index in [4.69, 9.17) is 14.6 Å². The summed E-state index contributed by atoms with van der Waals surface area (Å²) < 4.78 is 11.3. The molecule has 0 aromatic carbocycles. The predicted octanol–water partition coefficient (Wildman–Crippen LogP) is 4.33. The highest BCUT2D eigenvalue weighted by Crippen LogP contribution is 2.55. The number of esters is 2. The summed E-state index contributed by atoms with van der Waals surface area (Å²) in [4.78, 5) is 35.5. The van der Waals surface area contributed by atoms with Crippen molar-refractivity contribution in [3.8, 4) is 0 Å². The molecule has 0 bridgehead atoms. The summed E-state index contributed by atoms with van der Waals surface area (Å²) in [7, 11) is 0. The highest BCUT2D eigenvalue weighted by Gasteiger charge is 2.53. The van der Waals surface area contributed by atoms with E-state index in [1.807, 2.05) is 19.9 Å². The summed E-state index contributed by atoms with van der Waals surface area (Å²) in [6.45, 7) is 10.5. The second kappa shape index (κ2) is 11.9. The van der Waals surface area contributed by atoms with Crippen LogP contribution in [0.1, 0.15) is 92.9 Å². The fraction of sp³-hybridized carbons (Fsp3) is 0.750. The van der Waals surface area contributed by atoms with E-state index in [-0.39, 0.29) is 18.4 Å². The van der Waals surface area contributed by atoms with E-state index < -0.39 is 53.5 Å². The van der Waals surface area contributed by atoms with Crippen molar-refractivity contribution in [1.82, 2.24) is 0 Å². The molecule has 36 heavy (non-hydrogen) atoms. The van der Waals surface area contributed by atoms with Crippen molar-refractivity contribution in [1.29, 1.82) is 0 Å². The number of allylic oxidation sites excluding steroid dienone is 2. The molecule has 0 heterocycles. The number of rotatable bonds is 8. The van der Waals surface area contributed by atoms with Crippen LogP contribution in [0.25, 0.3) is 0 Å². The molecule has 2 aliphatic carbocycles. The Morgan fingerprint density at radius 3 is 2.36 bits per heavy atom. The summed E-state index contributed by atoms with van der Waals surface area (Å²) in [5.74, 6) is -2.11. The molecule has 2 aliphatic rings. The lowest BCUT2D eigenvalue weighted by Crippen LogP contribution is -2.43. The molecule has 0 aromatic heterocycles. The first-order valence-corrected chi connectivity index (χ1v) is 12.9. The minimum atomic E-state index is -1.71. The number of hydrogen-bond acceptors (Lipinski definition) is 7. The minimum absolute atomic E-state index is 0.0394. The number of hydrogen-bond donors (Lipinski definition) is 3. The summed E-state index contributed by atoms with van der Waals surface area (Å²) in [5.41, 5.74) is -0.921. The highest BCUT2D eigenvalue weighted by molar-refractivity contribution is 5.74. The van der Waals surface area contributed by atoms with Crippen LogP contribution in [-0.4, -0.2) is 57.1 Å². The first-order chi connectivity index (χ1) is 16.5. The third-order valence-corrected chi connectivity index (χ3v) is 7.85. The Morgan fingerprint density at radius 2 is 1.78 bits per heavy atom. The van der Waals surface area contributed by atoms with Crippen molar-refractivity contribution < 1.29 is 39.2 Å². The third-order valence-electron chi connectivity index (χ3n) is 7.85. The number of carbonyl (C=O) groups is 3. The monoisotopic (exact) mass is 508 g/mol. The van der Waals surface area contributed by atoms with Crippen molar-refractivity contribution in [3.63, 3.8) is 0 Å². The average Bonchev–Trinajstić information content (AvgIpc) is 3.04. The van der Waals surface area contributed by atoms with E-state index >= 15 is 0 Å². The zero-order chi connectivity index (χ0) is 27.3. The molecule has 0 aliphatic heterocycles. The van der Waals surface area contributed by atoms with Crippen LogP contribution in [0.15, 0.2) is 23.3 Å². The molecule has 2 unspecified atom stereocenters. The van der Waals surface area contributed by atoms with E-state index in [2.05, 4.69) is 19.9 Å². The molecule has 1 fully saturated rings. The van der Waals surface area contributed by atoms with Crippen LogP contribution in [0, 0.1) is 17.3 Å². The zero-order valence-electron chi connectivity index (χ0n) is 22.6. The normalized spacial score (nSPS) is 31.9. The molecule has 2 rings (SSSR count). The lowest BCUT2D eigenvalue weighted by Gasteiger charge is -2.42. The first-order valence-electron chi connectivity index (χ1n) is 12.9. The van der Waals surface area contributed by atoms with Crippen molar-refractivity contribution in [2.75, 3.05) is 6.61 Å². The maximum absolute atomic E-state index is 12.4. The second-order valence-electron chi connectivity index (χ2n) is 11.8. The van der Waals surface area contributed by atoms with Crippen molar-refractivity contribution in [3.05, 3.63) is 23.3 Å². The van der Waals surface area contributed by atoms with E-state index in [0.29, 0.717) is 6.42 Å². The summed E-state index contributed by atoms with van der Waals surface area (Å²) >= 11 is 0. The summed E-state index contributed by atoms with van der Waals surface area (Å²) in [5, 5.41) is 30.1. The second-order valence-corrected chi connectivity index (χ2v) is 11.8. The minimum Gasteiger partial charge on any atom is -0.481 e. The van der Waals surface area contributed by atoms with Crippen LogP contribution in [0.3, 0.4) is 0 Å². The molecule has 0 amide bonds. The number of fused-ring (bicyclic) bond motifs is 1. The molecule has 0 radical (unpaired) electrons. The van der Waals surface area contributed by atoms with Crippen LogP contribution < -0.4 is 0 Å². The fourth-order valence-corrected chi connectivity index (χ4v) is 5.91. The topological polar surface area (TPSA) is 130 Å². The number of aliphatic hydroxyl groups is 2. The molecular weight excluding hydrogens is 464 g/mol. The molecule has 0 saturated heterocycles. The summed E-state index contributed by atoms with van der Waals surface area (Å²) in [6, 6.07) is 0. The quantitative estimate of drug-likeness (QED) is 0.326. The molecule has 0 spiro atoms. The standard InChI is InChI=1S/C28H44O8/c1-18-8-7-9-20(17-35-25(32)16-27(5,34)15-24(30)31)14-23(36-19(2)29)28(6)13-12-21(26(3,4)33)22(28)11-10-18/h8,14,21-23,33-34H,7,9-13,15-17H2,1-6H3,(H,30,31)/b18-8+,20-14+/t21-,22+,23?,27?,28+/m0/s1. The number of carboxylic acids is 1. The van der Waals surface area contributed by atoms with Gasteiger partial charge in [0.05, 0.1) is 24.0 Å². The number of carbonyl (C=O) groups excluding carboxylic acids is 2. The third kappa shape index (κ3) is 8.44. The van der Waals surface area contributed by atoms with Gasteiger partial charge in [0.25, 0.3) is 0 Å². The fourth-order valence-electron chi connectivity index (χ4n) is 5.91. The number of carboxylic acid groups (broad SMARTS) is 1. The van der Waals surface area contributed by atoms with E-state index in [1.165, 1.54) is 19.4 Å². The number of ether oxygens (including phenoxy) is 2. The Kier molecular flexibility index (Phi) is 9.93. The van der Waals surface area contributed by atoms with Crippen LogP contribution in [-0.2, 0) is 23.9 Å². The maximum Gasteiger partial charge on any atom is 0.309 e. The van der Waals surface area contributed by atoms with Gasteiger partial charge in [-0.2, -0.15) is 0 Å². The molecule has 8 heteroatoms. The molecule has 204 valence electrons. The van der Waals surface area contributed by atoms with Gasteiger partial charge >= 0.3 is 17.9 Å². The zero-order valence-corrected chi connectivity index (χ0v) is 22.6. The lowest BCUT2D eigenvalue weighted by molar-refractivity contribution is -0.153. The molecule has 8 nitrogen and oxygen atoms in total. The number of aliphatic carboxylic acids is 1. The van der Waals surface area contributed by atoms with Gasteiger partial charge in [-0.25, -0.2) is 0 Å². The Morgan fingerprint density at radius 1 is 1.11 bits per heavy atom. The highest BCUT2D eigenvalue weighted by atomic mass is 16.5. The van der Waals surface area contributed by atoms with E-state index in [1.54, 1.807) is 0 Å². The Bertz CT molecular complexity index is 878. The van der Waals surface area contributed by atoms with Gasteiger partial charge in [-0.1, -0.05) is 18.6 Å². The lowest BCUT2D eigenvalue weighted by atomic mass is 9.67. The van der Waals surface area contributed by atoms with Crippen LogP contribution in [0.5, 0.6) is 0 Å². The van der Waals surface area contributed by atoms with Crippen LogP contribution in [0.2, 0.25) is 0 Å². The van der Waals surface area contributed by atoms with Gasteiger partial charge in [0.1, 0.15) is 12.7 Å². The van der Waals surface area contributed by atoms with E-state index in [9.17, 15) is 24.6 Å². The predicted molar refractivity (Wildman–Crippen MR) is 135 cm³/mol. The van der Waals surface area contributed by atoms with Gasteiger partial charge in [-0.15, -0.1) is 0 Å². The SMILES string of the molecule is CC(=O)OC1/C=C(/COC(=O)CC(C)(O)CC(=O)O)CC/C=C(\C)CC[C@@H]2[C@@H](C(C)(C)O)CC[C@@]12C.